The van der Waals surface area contributed by atoms with E-state index in [0.717, 1.165) is 0 Å². The lowest BCUT2D eigenvalue weighted by molar-refractivity contribution is -0.141. The average molecular weight is 345 g/mol. The molecule has 1 atom stereocenters. The maximum Gasteiger partial charge on any atom is 0.322 e. The average Bonchev–Trinajstić information content (AvgIpc) is 2.54. The van der Waals surface area contributed by atoms with Gasteiger partial charge in [0, 0.05) is 41.3 Å². The normalized spacial score (nSPS) is 18.7. The van der Waals surface area contributed by atoms with E-state index < -0.39 is 27.9 Å². The Morgan fingerprint density at radius 3 is 2.13 bits per heavy atom. The molecule has 1 aliphatic rings. The molecule has 1 aromatic carbocycles. The molecule has 1 amide bonds. The summed E-state index contributed by atoms with van der Waals surface area (Å²) in [6, 6.07) is 5.07. The number of carbonyl (C=O) groups is 2. The van der Waals surface area contributed by atoms with Gasteiger partial charge < -0.3 is 10.0 Å². The monoisotopic (exact) mass is 345 g/mol. The summed E-state index contributed by atoms with van der Waals surface area (Å²) in [6.45, 7) is 0.336. The zero-order valence-corrected chi connectivity index (χ0v) is 13.3. The van der Waals surface area contributed by atoms with Gasteiger partial charge in [0.2, 0.25) is 0 Å². The van der Waals surface area contributed by atoms with Crippen LogP contribution >= 0.6 is 0 Å². The number of aliphatic carboxylic acids is 1. The van der Waals surface area contributed by atoms with Crippen molar-refractivity contribution in [3.63, 3.8) is 0 Å². The SMILES string of the molecule is CS(=O)C1(C(=O)O)CCN(C(=O)c2ccc(C(F)F)cc2)CC1. The van der Waals surface area contributed by atoms with Gasteiger partial charge in [-0.25, -0.2) is 8.78 Å². The van der Waals surface area contributed by atoms with Crippen molar-refractivity contribution >= 4 is 22.7 Å². The van der Waals surface area contributed by atoms with Gasteiger partial charge in [0.25, 0.3) is 12.3 Å². The molecule has 2 rings (SSSR count). The molecule has 1 aromatic rings. The zero-order valence-electron chi connectivity index (χ0n) is 12.5. The minimum absolute atomic E-state index is 0.103. The number of benzene rings is 1. The smallest absolute Gasteiger partial charge is 0.322 e. The van der Waals surface area contributed by atoms with Crippen LogP contribution in [0, 0.1) is 0 Å². The van der Waals surface area contributed by atoms with Crippen LogP contribution in [-0.2, 0) is 15.6 Å². The summed E-state index contributed by atoms with van der Waals surface area (Å²) in [5.41, 5.74) is 0.112. The van der Waals surface area contributed by atoms with E-state index in [1.165, 1.54) is 35.4 Å². The second-order valence-corrected chi connectivity index (χ2v) is 7.16. The molecule has 1 fully saturated rings. The highest BCUT2D eigenvalue weighted by Gasteiger charge is 2.46. The molecule has 1 heterocycles. The maximum absolute atomic E-state index is 12.5. The minimum Gasteiger partial charge on any atom is -0.480 e. The Kier molecular flexibility index (Phi) is 5.13. The van der Waals surface area contributed by atoms with E-state index in [1.807, 2.05) is 0 Å². The third-order valence-electron chi connectivity index (χ3n) is 4.21. The van der Waals surface area contributed by atoms with E-state index in [0.29, 0.717) is 0 Å². The Morgan fingerprint density at radius 2 is 1.74 bits per heavy atom. The van der Waals surface area contributed by atoms with Crippen LogP contribution < -0.4 is 0 Å². The number of amides is 1. The summed E-state index contributed by atoms with van der Waals surface area (Å²) in [4.78, 5) is 25.2. The summed E-state index contributed by atoms with van der Waals surface area (Å²) in [6.07, 6.45) is -1.03. The molecule has 5 nitrogen and oxygen atoms in total. The van der Waals surface area contributed by atoms with Crippen molar-refractivity contribution in [3.05, 3.63) is 35.4 Å². The highest BCUT2D eigenvalue weighted by atomic mass is 32.2. The van der Waals surface area contributed by atoms with Crippen LogP contribution in [0.5, 0.6) is 0 Å². The van der Waals surface area contributed by atoms with Crippen LogP contribution in [0.4, 0.5) is 8.78 Å². The fraction of sp³-hybridized carbons (Fsp3) is 0.467. The van der Waals surface area contributed by atoms with Crippen molar-refractivity contribution in [1.82, 2.24) is 4.90 Å². The lowest BCUT2D eigenvalue weighted by atomic mass is 9.95. The Morgan fingerprint density at radius 1 is 1.22 bits per heavy atom. The van der Waals surface area contributed by atoms with Crippen LogP contribution in [0.15, 0.2) is 24.3 Å². The Hall–Kier alpha value is -1.83. The van der Waals surface area contributed by atoms with Crippen LogP contribution in [-0.4, -0.2) is 50.2 Å². The summed E-state index contributed by atoms with van der Waals surface area (Å²) in [5.74, 6) is -1.46. The first kappa shape index (κ1) is 17.5. The number of hydrogen-bond acceptors (Lipinski definition) is 3. The van der Waals surface area contributed by atoms with Crippen molar-refractivity contribution in [1.29, 1.82) is 0 Å². The van der Waals surface area contributed by atoms with Gasteiger partial charge in [-0.15, -0.1) is 0 Å². The molecular weight excluding hydrogens is 328 g/mol. The topological polar surface area (TPSA) is 74.7 Å². The van der Waals surface area contributed by atoms with Crippen molar-refractivity contribution < 1.29 is 27.7 Å². The number of likely N-dealkylation sites (tertiary alicyclic amines) is 1. The van der Waals surface area contributed by atoms with Gasteiger partial charge in [-0.2, -0.15) is 0 Å². The van der Waals surface area contributed by atoms with Crippen LogP contribution in [0.25, 0.3) is 0 Å². The van der Waals surface area contributed by atoms with Crippen molar-refractivity contribution in [3.8, 4) is 0 Å². The second kappa shape index (κ2) is 6.74. The fourth-order valence-corrected chi connectivity index (χ4v) is 3.65. The molecule has 0 aromatic heterocycles. The van der Waals surface area contributed by atoms with Crippen molar-refractivity contribution in [2.75, 3.05) is 19.3 Å². The second-order valence-electron chi connectivity index (χ2n) is 5.47. The van der Waals surface area contributed by atoms with Gasteiger partial charge in [0.05, 0.1) is 0 Å². The van der Waals surface area contributed by atoms with Gasteiger partial charge in [-0.1, -0.05) is 12.1 Å². The zero-order chi connectivity index (χ0) is 17.2. The number of carboxylic acids is 1. The highest BCUT2D eigenvalue weighted by Crippen LogP contribution is 2.29. The maximum atomic E-state index is 12.5. The number of nitrogens with zero attached hydrogens (tertiary/aromatic N) is 1. The van der Waals surface area contributed by atoms with E-state index in [-0.39, 0.29) is 43.0 Å². The van der Waals surface area contributed by atoms with E-state index in [1.54, 1.807) is 0 Å². The van der Waals surface area contributed by atoms with Gasteiger partial charge in [-0.05, 0) is 25.0 Å². The van der Waals surface area contributed by atoms with Crippen molar-refractivity contribution in [2.24, 2.45) is 0 Å². The number of carboxylic acid groups (broad SMARTS) is 1. The standard InChI is InChI=1S/C15H17F2NO4S/c1-23(22)15(14(20)21)6-8-18(9-7-15)13(19)11-4-2-10(3-5-11)12(16)17/h2-5,12H,6-9H2,1H3,(H,20,21). The number of alkyl halides is 2. The first-order valence-electron chi connectivity index (χ1n) is 7.02. The Balaban J connectivity index is 2.09. The number of halogens is 2. The van der Waals surface area contributed by atoms with Gasteiger partial charge >= 0.3 is 5.97 Å². The van der Waals surface area contributed by atoms with Gasteiger partial charge in [0.1, 0.15) is 4.75 Å². The summed E-state index contributed by atoms with van der Waals surface area (Å²) in [5, 5.41) is 9.32. The Labute approximate surface area is 134 Å². The molecule has 126 valence electrons. The fourth-order valence-electron chi connectivity index (χ4n) is 2.65. The minimum atomic E-state index is -2.59. The highest BCUT2D eigenvalue weighted by molar-refractivity contribution is 7.86. The molecule has 8 heteroatoms. The molecule has 0 aliphatic carbocycles. The van der Waals surface area contributed by atoms with Crippen LogP contribution in [0.2, 0.25) is 0 Å². The summed E-state index contributed by atoms with van der Waals surface area (Å²) in [7, 11) is -1.54. The van der Waals surface area contributed by atoms with E-state index in [2.05, 4.69) is 0 Å². The number of carbonyl (C=O) groups excluding carboxylic acids is 1. The first-order chi connectivity index (χ1) is 10.8. The van der Waals surface area contributed by atoms with E-state index in [9.17, 15) is 27.7 Å². The molecule has 1 saturated heterocycles. The third-order valence-corrected chi connectivity index (χ3v) is 5.89. The van der Waals surface area contributed by atoms with Gasteiger partial charge in [-0.3, -0.25) is 13.8 Å². The molecule has 0 bridgehead atoms. The molecule has 1 N–H and O–H groups in total. The predicted octanol–water partition coefficient (Wildman–Crippen LogP) is 2.06. The first-order valence-corrected chi connectivity index (χ1v) is 8.58. The molecule has 1 unspecified atom stereocenters. The number of rotatable bonds is 4. The lowest BCUT2D eigenvalue weighted by Crippen LogP contribution is -2.53. The van der Waals surface area contributed by atoms with Gasteiger partial charge in [0.15, 0.2) is 0 Å². The van der Waals surface area contributed by atoms with Crippen molar-refractivity contribution in [2.45, 2.75) is 24.0 Å². The van der Waals surface area contributed by atoms with Crippen LogP contribution in [0.3, 0.4) is 0 Å². The molecular formula is C15H17F2NO4S. The Bertz CT molecular complexity index is 609. The molecule has 1 aliphatic heterocycles. The lowest BCUT2D eigenvalue weighted by Gasteiger charge is -2.37. The third kappa shape index (κ3) is 3.41. The number of piperidine rings is 1. The summed E-state index contributed by atoms with van der Waals surface area (Å²) >= 11 is 0. The molecule has 0 spiro atoms. The van der Waals surface area contributed by atoms with E-state index >= 15 is 0 Å². The largest absolute Gasteiger partial charge is 0.480 e. The molecule has 23 heavy (non-hydrogen) atoms. The molecule has 0 saturated carbocycles. The number of hydrogen-bond donors (Lipinski definition) is 1. The van der Waals surface area contributed by atoms with E-state index in [4.69, 9.17) is 0 Å². The molecule has 0 radical (unpaired) electrons. The quantitative estimate of drug-likeness (QED) is 0.906. The predicted molar refractivity (Wildman–Crippen MR) is 81.0 cm³/mol. The summed E-state index contributed by atoms with van der Waals surface area (Å²) < 4.78 is 35.5. The van der Waals surface area contributed by atoms with Crippen LogP contribution in [0.1, 0.15) is 35.2 Å².